The van der Waals surface area contributed by atoms with Crippen LogP contribution in [0.5, 0.6) is 0 Å². The SMILES string of the molecule is CN1CCCN(Cc2ccc(-c3cnc(N)nc3)c(C#N)c2)CC1. The van der Waals surface area contributed by atoms with Gasteiger partial charge in [-0.3, -0.25) is 4.90 Å². The quantitative estimate of drug-likeness (QED) is 0.927. The van der Waals surface area contributed by atoms with Gasteiger partial charge in [-0.2, -0.15) is 5.26 Å². The Balaban J connectivity index is 1.79. The Morgan fingerprint density at radius 3 is 2.71 bits per heavy atom. The fourth-order valence-corrected chi connectivity index (χ4v) is 3.03. The molecule has 3 rings (SSSR count). The van der Waals surface area contributed by atoms with E-state index in [1.807, 2.05) is 12.1 Å². The van der Waals surface area contributed by atoms with E-state index in [0.717, 1.165) is 49.4 Å². The fraction of sp³-hybridized carbons (Fsp3) is 0.389. The number of rotatable bonds is 3. The first-order chi connectivity index (χ1) is 11.7. The molecule has 24 heavy (non-hydrogen) atoms. The van der Waals surface area contributed by atoms with E-state index >= 15 is 0 Å². The minimum absolute atomic E-state index is 0.236. The maximum Gasteiger partial charge on any atom is 0.219 e. The zero-order valence-corrected chi connectivity index (χ0v) is 13.9. The molecule has 2 aromatic rings. The molecule has 1 aliphatic rings. The lowest BCUT2D eigenvalue weighted by Crippen LogP contribution is -2.28. The van der Waals surface area contributed by atoms with Gasteiger partial charge >= 0.3 is 0 Å². The van der Waals surface area contributed by atoms with E-state index in [1.54, 1.807) is 12.4 Å². The molecule has 1 saturated heterocycles. The van der Waals surface area contributed by atoms with Crippen molar-refractivity contribution in [2.24, 2.45) is 0 Å². The molecule has 1 aromatic heterocycles. The summed E-state index contributed by atoms with van der Waals surface area (Å²) in [4.78, 5) is 12.8. The van der Waals surface area contributed by atoms with Crippen LogP contribution in [0, 0.1) is 11.3 Å². The molecular weight excluding hydrogens is 300 g/mol. The molecule has 0 unspecified atom stereocenters. The highest BCUT2D eigenvalue weighted by Gasteiger charge is 2.13. The van der Waals surface area contributed by atoms with Gasteiger partial charge in [0.1, 0.15) is 0 Å². The third kappa shape index (κ3) is 3.88. The summed E-state index contributed by atoms with van der Waals surface area (Å²) in [7, 11) is 2.17. The van der Waals surface area contributed by atoms with Gasteiger partial charge in [0.15, 0.2) is 0 Å². The van der Waals surface area contributed by atoms with Gasteiger partial charge in [-0.1, -0.05) is 12.1 Å². The zero-order chi connectivity index (χ0) is 16.9. The Morgan fingerprint density at radius 2 is 1.96 bits per heavy atom. The molecule has 2 N–H and O–H groups in total. The molecule has 1 aliphatic heterocycles. The van der Waals surface area contributed by atoms with Gasteiger partial charge in [0.25, 0.3) is 0 Å². The molecule has 2 heterocycles. The summed E-state index contributed by atoms with van der Waals surface area (Å²) in [5, 5.41) is 9.51. The van der Waals surface area contributed by atoms with Crippen LogP contribution < -0.4 is 5.73 Å². The van der Waals surface area contributed by atoms with Crippen LogP contribution in [0.2, 0.25) is 0 Å². The Morgan fingerprint density at radius 1 is 1.17 bits per heavy atom. The lowest BCUT2D eigenvalue weighted by molar-refractivity contribution is 0.269. The molecule has 0 bridgehead atoms. The number of anilines is 1. The lowest BCUT2D eigenvalue weighted by Gasteiger charge is -2.20. The molecule has 1 fully saturated rings. The summed E-state index contributed by atoms with van der Waals surface area (Å²) in [6.45, 7) is 5.27. The van der Waals surface area contributed by atoms with Crippen molar-refractivity contribution in [3.63, 3.8) is 0 Å². The maximum atomic E-state index is 9.51. The number of likely N-dealkylation sites (N-methyl/N-ethyl adjacent to an activating group) is 1. The summed E-state index contributed by atoms with van der Waals surface area (Å²) in [6, 6.07) is 8.33. The Bertz CT molecular complexity index is 734. The largest absolute Gasteiger partial charge is 0.368 e. The third-order valence-electron chi connectivity index (χ3n) is 4.41. The highest BCUT2D eigenvalue weighted by molar-refractivity contribution is 5.70. The van der Waals surface area contributed by atoms with Gasteiger partial charge in [-0.25, -0.2) is 9.97 Å². The smallest absolute Gasteiger partial charge is 0.219 e. The van der Waals surface area contributed by atoms with Crippen LogP contribution in [0.25, 0.3) is 11.1 Å². The molecule has 6 heteroatoms. The van der Waals surface area contributed by atoms with E-state index in [-0.39, 0.29) is 5.95 Å². The fourth-order valence-electron chi connectivity index (χ4n) is 3.03. The van der Waals surface area contributed by atoms with E-state index in [4.69, 9.17) is 5.73 Å². The monoisotopic (exact) mass is 322 g/mol. The van der Waals surface area contributed by atoms with Crippen LogP contribution in [-0.2, 0) is 6.54 Å². The number of nitriles is 1. The van der Waals surface area contributed by atoms with Crippen molar-refractivity contribution < 1.29 is 0 Å². The van der Waals surface area contributed by atoms with Crippen molar-refractivity contribution in [1.29, 1.82) is 5.26 Å². The first-order valence-electron chi connectivity index (χ1n) is 8.17. The average molecular weight is 322 g/mol. The normalized spacial score (nSPS) is 16.5. The van der Waals surface area contributed by atoms with Gasteiger partial charge in [0.05, 0.1) is 11.6 Å². The third-order valence-corrected chi connectivity index (χ3v) is 4.41. The number of nitrogens with zero attached hydrogens (tertiary/aromatic N) is 5. The predicted molar refractivity (Wildman–Crippen MR) is 94.0 cm³/mol. The van der Waals surface area contributed by atoms with Crippen molar-refractivity contribution in [3.8, 4) is 17.2 Å². The number of nitrogens with two attached hydrogens (primary N) is 1. The van der Waals surface area contributed by atoms with E-state index in [9.17, 15) is 5.26 Å². The summed E-state index contributed by atoms with van der Waals surface area (Å²) in [5.74, 6) is 0.236. The van der Waals surface area contributed by atoms with E-state index < -0.39 is 0 Å². The molecule has 0 radical (unpaired) electrons. The van der Waals surface area contributed by atoms with Gasteiger partial charge < -0.3 is 10.6 Å². The van der Waals surface area contributed by atoms with Crippen molar-refractivity contribution in [1.82, 2.24) is 19.8 Å². The van der Waals surface area contributed by atoms with Crippen LogP contribution in [0.4, 0.5) is 5.95 Å². The van der Waals surface area contributed by atoms with Gasteiger partial charge in [-0.15, -0.1) is 0 Å². The minimum atomic E-state index is 0.236. The Kier molecular flexibility index (Phi) is 5.04. The van der Waals surface area contributed by atoms with E-state index in [0.29, 0.717) is 5.56 Å². The molecule has 0 saturated carbocycles. The number of hydrogen-bond donors (Lipinski definition) is 1. The predicted octanol–water partition coefficient (Wildman–Crippen LogP) is 1.73. The second-order valence-electron chi connectivity index (χ2n) is 6.25. The van der Waals surface area contributed by atoms with E-state index in [2.05, 4.69) is 39.0 Å². The first-order valence-corrected chi connectivity index (χ1v) is 8.17. The number of nitrogen functional groups attached to an aromatic ring is 1. The molecule has 0 amide bonds. The summed E-state index contributed by atoms with van der Waals surface area (Å²) < 4.78 is 0. The molecule has 6 nitrogen and oxygen atoms in total. The van der Waals surface area contributed by atoms with E-state index in [1.165, 1.54) is 6.42 Å². The summed E-state index contributed by atoms with van der Waals surface area (Å²) in [6.07, 6.45) is 4.49. The number of benzene rings is 1. The van der Waals surface area contributed by atoms with Crippen LogP contribution >= 0.6 is 0 Å². The van der Waals surface area contributed by atoms with Crippen molar-refractivity contribution in [2.45, 2.75) is 13.0 Å². The molecule has 0 atom stereocenters. The molecular formula is C18H22N6. The molecule has 124 valence electrons. The van der Waals surface area contributed by atoms with Gasteiger partial charge in [0, 0.05) is 43.2 Å². The zero-order valence-electron chi connectivity index (χ0n) is 13.9. The Hall–Kier alpha value is -2.49. The topological polar surface area (TPSA) is 82.1 Å². The molecule has 0 spiro atoms. The van der Waals surface area contributed by atoms with Crippen molar-refractivity contribution in [3.05, 3.63) is 41.7 Å². The van der Waals surface area contributed by atoms with Crippen molar-refractivity contribution in [2.75, 3.05) is 39.0 Å². The minimum Gasteiger partial charge on any atom is -0.368 e. The van der Waals surface area contributed by atoms with Crippen molar-refractivity contribution >= 4 is 5.95 Å². The second-order valence-corrected chi connectivity index (χ2v) is 6.25. The van der Waals surface area contributed by atoms with Gasteiger partial charge in [-0.05, 0) is 38.2 Å². The molecule has 0 aliphatic carbocycles. The van der Waals surface area contributed by atoms with Crippen LogP contribution in [0.1, 0.15) is 17.5 Å². The average Bonchev–Trinajstić information content (AvgIpc) is 2.80. The maximum absolute atomic E-state index is 9.51. The standard InChI is InChI=1S/C18H22N6/c1-23-5-2-6-24(8-7-23)13-14-3-4-17(15(9-14)10-19)16-11-21-18(20)22-12-16/h3-4,9,11-12H,2,5-8,13H2,1H3,(H2,20,21,22). The molecule has 1 aromatic carbocycles. The van der Waals surface area contributed by atoms with Gasteiger partial charge in [0.2, 0.25) is 5.95 Å². The first kappa shape index (κ1) is 16.4. The van der Waals surface area contributed by atoms with Crippen LogP contribution in [-0.4, -0.2) is 53.0 Å². The highest BCUT2D eigenvalue weighted by Crippen LogP contribution is 2.24. The van der Waals surface area contributed by atoms with Crippen LogP contribution in [0.3, 0.4) is 0 Å². The Labute approximate surface area is 142 Å². The summed E-state index contributed by atoms with van der Waals surface area (Å²) >= 11 is 0. The highest BCUT2D eigenvalue weighted by atomic mass is 15.2. The lowest BCUT2D eigenvalue weighted by atomic mass is 10.00. The summed E-state index contributed by atoms with van der Waals surface area (Å²) in [5.41, 5.74) is 8.99. The number of hydrogen-bond acceptors (Lipinski definition) is 6. The number of aromatic nitrogens is 2. The van der Waals surface area contributed by atoms with Crippen LogP contribution in [0.15, 0.2) is 30.6 Å². The second kappa shape index (κ2) is 7.39.